The molecular weight excluding hydrogens is 328 g/mol. The lowest BCUT2D eigenvalue weighted by Crippen LogP contribution is -2.32. The first-order valence-electron chi connectivity index (χ1n) is 8.78. The van der Waals surface area contributed by atoms with E-state index < -0.39 is 0 Å². The average Bonchev–Trinajstić information content (AvgIpc) is 2.84. The smallest absolute Gasteiger partial charge is 0.257 e. The average molecular weight is 348 g/mol. The summed E-state index contributed by atoms with van der Waals surface area (Å²) in [6.07, 6.45) is 3.07. The number of amides is 1. The van der Waals surface area contributed by atoms with Gasteiger partial charge in [0.05, 0.1) is 12.6 Å². The molecule has 0 bridgehead atoms. The molecule has 2 heterocycles. The van der Waals surface area contributed by atoms with Crippen LogP contribution in [0.5, 0.6) is 5.75 Å². The van der Waals surface area contributed by atoms with Gasteiger partial charge in [-0.3, -0.25) is 9.59 Å². The van der Waals surface area contributed by atoms with Gasteiger partial charge in [-0.15, -0.1) is 0 Å². The Morgan fingerprint density at radius 2 is 2.08 bits per heavy atom. The third-order valence-electron chi connectivity index (χ3n) is 4.78. The number of hydrogen-bond donors (Lipinski definition) is 2. The van der Waals surface area contributed by atoms with Gasteiger partial charge in [-0.1, -0.05) is 36.4 Å². The Balaban J connectivity index is 1.71. The normalized spacial score (nSPS) is 16.4. The standard InChI is InChI=1S/C21H20N2O3/c1-13-11-19(24)17(12-22-13)21(25)23-18-7-4-10-26-20-15-6-3-2-5-14(15)8-9-16(18)20/h2-3,5-6,8-9,11-12,18H,4,7,10H2,1H3,(H,22,24)(H,23,25)/t18-/m0/s1. The van der Waals surface area contributed by atoms with E-state index in [4.69, 9.17) is 4.74 Å². The number of carbonyl (C=O) groups is 1. The molecular formula is C21H20N2O3. The van der Waals surface area contributed by atoms with E-state index in [1.165, 1.54) is 12.3 Å². The van der Waals surface area contributed by atoms with Crippen molar-refractivity contribution < 1.29 is 9.53 Å². The zero-order chi connectivity index (χ0) is 18.1. The van der Waals surface area contributed by atoms with Crippen molar-refractivity contribution in [1.29, 1.82) is 0 Å². The van der Waals surface area contributed by atoms with E-state index in [2.05, 4.69) is 10.3 Å². The van der Waals surface area contributed by atoms with Crippen LogP contribution in [0.2, 0.25) is 0 Å². The Morgan fingerprint density at radius 1 is 1.23 bits per heavy atom. The third kappa shape index (κ3) is 2.96. The van der Waals surface area contributed by atoms with Crippen molar-refractivity contribution >= 4 is 16.7 Å². The summed E-state index contributed by atoms with van der Waals surface area (Å²) in [5, 5.41) is 5.16. The zero-order valence-electron chi connectivity index (χ0n) is 14.5. The van der Waals surface area contributed by atoms with Gasteiger partial charge in [0.2, 0.25) is 0 Å². The van der Waals surface area contributed by atoms with Crippen LogP contribution < -0.4 is 15.5 Å². The molecule has 0 radical (unpaired) electrons. The van der Waals surface area contributed by atoms with E-state index in [0.29, 0.717) is 6.61 Å². The van der Waals surface area contributed by atoms with E-state index in [1.54, 1.807) is 6.92 Å². The van der Waals surface area contributed by atoms with Gasteiger partial charge in [0, 0.05) is 28.9 Å². The molecule has 132 valence electrons. The van der Waals surface area contributed by atoms with Gasteiger partial charge in [-0.2, -0.15) is 0 Å². The molecule has 1 aromatic heterocycles. The number of rotatable bonds is 2. The molecule has 5 heteroatoms. The van der Waals surface area contributed by atoms with Crippen molar-refractivity contribution in [3.63, 3.8) is 0 Å². The number of aromatic amines is 1. The van der Waals surface area contributed by atoms with Crippen LogP contribution in [0.15, 0.2) is 53.5 Å². The van der Waals surface area contributed by atoms with Crippen LogP contribution in [0.4, 0.5) is 0 Å². The van der Waals surface area contributed by atoms with Crippen molar-refractivity contribution in [3.05, 3.63) is 75.7 Å². The number of aromatic nitrogens is 1. The summed E-state index contributed by atoms with van der Waals surface area (Å²) < 4.78 is 6.00. The fourth-order valence-corrected chi connectivity index (χ4v) is 3.45. The van der Waals surface area contributed by atoms with Crippen LogP contribution in [-0.4, -0.2) is 17.5 Å². The lowest BCUT2D eigenvalue weighted by Gasteiger charge is -2.19. The van der Waals surface area contributed by atoms with Gasteiger partial charge in [-0.05, 0) is 25.2 Å². The zero-order valence-corrected chi connectivity index (χ0v) is 14.5. The number of H-pyrrole nitrogens is 1. The fourth-order valence-electron chi connectivity index (χ4n) is 3.45. The van der Waals surface area contributed by atoms with E-state index >= 15 is 0 Å². The Bertz CT molecular complexity index is 1040. The SMILES string of the molecule is Cc1cc(=O)c(C(=O)N[C@H]2CCCOc3c2ccc2ccccc32)c[nH]1. The largest absolute Gasteiger partial charge is 0.493 e. The molecule has 0 fully saturated rings. The molecule has 2 N–H and O–H groups in total. The van der Waals surface area contributed by atoms with Crippen LogP contribution in [0.25, 0.3) is 10.8 Å². The minimum atomic E-state index is -0.364. The van der Waals surface area contributed by atoms with Gasteiger partial charge < -0.3 is 15.0 Å². The van der Waals surface area contributed by atoms with Crippen molar-refractivity contribution in [1.82, 2.24) is 10.3 Å². The first kappa shape index (κ1) is 16.4. The van der Waals surface area contributed by atoms with Gasteiger partial charge >= 0.3 is 0 Å². The highest BCUT2D eigenvalue weighted by Crippen LogP contribution is 2.37. The minimum absolute atomic E-state index is 0.128. The van der Waals surface area contributed by atoms with Crippen LogP contribution >= 0.6 is 0 Å². The fraction of sp³-hybridized carbons (Fsp3) is 0.238. The third-order valence-corrected chi connectivity index (χ3v) is 4.78. The monoisotopic (exact) mass is 348 g/mol. The molecule has 0 aliphatic carbocycles. The topological polar surface area (TPSA) is 71.2 Å². The van der Waals surface area contributed by atoms with Gasteiger partial charge in [0.1, 0.15) is 11.3 Å². The quantitative estimate of drug-likeness (QED) is 0.745. The number of fused-ring (bicyclic) bond motifs is 3. The maximum Gasteiger partial charge on any atom is 0.257 e. The van der Waals surface area contributed by atoms with Gasteiger partial charge in [-0.25, -0.2) is 0 Å². The number of pyridine rings is 1. The molecule has 0 saturated carbocycles. The molecule has 1 aliphatic rings. The summed E-state index contributed by atoms with van der Waals surface area (Å²) in [5.41, 5.74) is 1.54. The number of aryl methyl sites for hydroxylation is 1. The van der Waals surface area contributed by atoms with Crippen molar-refractivity contribution in [2.45, 2.75) is 25.8 Å². The summed E-state index contributed by atoms with van der Waals surface area (Å²) in [6, 6.07) is 13.3. The minimum Gasteiger partial charge on any atom is -0.493 e. The molecule has 0 spiro atoms. The van der Waals surface area contributed by atoms with Crippen LogP contribution in [0.1, 0.15) is 40.5 Å². The van der Waals surface area contributed by atoms with E-state index in [0.717, 1.165) is 40.6 Å². The lowest BCUT2D eigenvalue weighted by atomic mass is 9.97. The molecule has 2 aromatic carbocycles. The van der Waals surface area contributed by atoms with Crippen molar-refractivity contribution in [3.8, 4) is 5.75 Å². The Kier molecular flexibility index (Phi) is 4.21. The number of carbonyl (C=O) groups excluding carboxylic acids is 1. The molecule has 1 aliphatic heterocycles. The van der Waals surface area contributed by atoms with Crippen molar-refractivity contribution in [2.24, 2.45) is 0 Å². The van der Waals surface area contributed by atoms with Crippen molar-refractivity contribution in [2.75, 3.05) is 6.61 Å². The first-order valence-corrected chi connectivity index (χ1v) is 8.78. The van der Waals surface area contributed by atoms with Crippen LogP contribution in [0, 0.1) is 6.92 Å². The molecule has 0 unspecified atom stereocenters. The van der Waals surface area contributed by atoms with Crippen LogP contribution in [0.3, 0.4) is 0 Å². The molecule has 1 atom stereocenters. The summed E-state index contributed by atoms with van der Waals surface area (Å²) in [6.45, 7) is 2.39. The molecule has 5 nitrogen and oxygen atoms in total. The predicted molar refractivity (Wildman–Crippen MR) is 101 cm³/mol. The Hall–Kier alpha value is -3.08. The Morgan fingerprint density at radius 3 is 2.92 bits per heavy atom. The molecule has 26 heavy (non-hydrogen) atoms. The molecule has 3 aromatic rings. The second kappa shape index (κ2) is 6.67. The number of hydrogen-bond acceptors (Lipinski definition) is 3. The maximum atomic E-state index is 12.7. The van der Waals surface area contributed by atoms with Gasteiger partial charge in [0.25, 0.3) is 5.91 Å². The molecule has 0 saturated heterocycles. The highest BCUT2D eigenvalue weighted by Gasteiger charge is 2.24. The number of benzene rings is 2. The highest BCUT2D eigenvalue weighted by atomic mass is 16.5. The van der Waals surface area contributed by atoms with E-state index in [9.17, 15) is 9.59 Å². The summed E-state index contributed by atoms with van der Waals surface area (Å²) in [7, 11) is 0. The van der Waals surface area contributed by atoms with Gasteiger partial charge in [0.15, 0.2) is 5.43 Å². The van der Waals surface area contributed by atoms with Crippen LogP contribution in [-0.2, 0) is 0 Å². The first-order chi connectivity index (χ1) is 12.6. The molecule has 1 amide bonds. The summed E-state index contributed by atoms with van der Waals surface area (Å²) in [4.78, 5) is 27.7. The second-order valence-corrected chi connectivity index (χ2v) is 6.62. The maximum absolute atomic E-state index is 12.7. The second-order valence-electron chi connectivity index (χ2n) is 6.62. The molecule has 4 rings (SSSR count). The predicted octanol–water partition coefficient (Wildman–Crippen LogP) is 3.48. The Labute approximate surface area is 151 Å². The summed E-state index contributed by atoms with van der Waals surface area (Å²) in [5.74, 6) is 0.459. The number of nitrogens with one attached hydrogen (secondary N) is 2. The number of ether oxygens (including phenoxy) is 1. The highest BCUT2D eigenvalue weighted by molar-refractivity contribution is 5.94. The lowest BCUT2D eigenvalue weighted by molar-refractivity contribution is 0.0933. The summed E-state index contributed by atoms with van der Waals surface area (Å²) >= 11 is 0. The van der Waals surface area contributed by atoms with E-state index in [1.807, 2.05) is 36.4 Å². The van der Waals surface area contributed by atoms with E-state index in [-0.39, 0.29) is 22.9 Å².